The van der Waals surface area contributed by atoms with Gasteiger partial charge in [0.2, 0.25) is 15.9 Å². The second kappa shape index (κ2) is 9.73. The van der Waals surface area contributed by atoms with E-state index < -0.39 is 10.0 Å². The fourth-order valence-corrected chi connectivity index (χ4v) is 3.99. The van der Waals surface area contributed by atoms with Crippen molar-refractivity contribution in [1.82, 2.24) is 5.32 Å². The number of nitrogens with one attached hydrogen (secondary N) is 1. The van der Waals surface area contributed by atoms with E-state index in [2.05, 4.69) is 12.2 Å². The van der Waals surface area contributed by atoms with Gasteiger partial charge >= 0.3 is 0 Å². The van der Waals surface area contributed by atoms with Crippen molar-refractivity contribution in [2.24, 2.45) is 0 Å². The van der Waals surface area contributed by atoms with Crippen molar-refractivity contribution < 1.29 is 13.2 Å². The average molecular weight is 403 g/mol. The molecule has 0 aliphatic rings. The monoisotopic (exact) mass is 402 g/mol. The number of aryl methyl sites for hydroxylation is 2. The van der Waals surface area contributed by atoms with Crippen molar-refractivity contribution in [2.45, 2.75) is 46.1 Å². The van der Waals surface area contributed by atoms with Gasteiger partial charge in [0.05, 0.1) is 18.0 Å². The number of hydrogen-bond donors (Lipinski definition) is 1. The second-order valence-electron chi connectivity index (χ2n) is 7.16. The minimum atomic E-state index is -3.40. The van der Waals surface area contributed by atoms with E-state index in [9.17, 15) is 13.2 Å². The molecule has 0 radical (unpaired) electrons. The summed E-state index contributed by atoms with van der Waals surface area (Å²) < 4.78 is 25.7. The fourth-order valence-electron chi connectivity index (χ4n) is 3.02. The molecule has 0 saturated carbocycles. The third-order valence-electron chi connectivity index (χ3n) is 4.75. The number of carbonyl (C=O) groups is 1. The standard InChI is InChI=1S/C22H30N2O3S/c1-5-19-10-14-21(15-11-19)24(28(4,26)27)16-6-7-22(25)23-18(3)20-12-8-17(2)9-13-20/h8-15,18H,5-7,16H2,1-4H3,(H,23,25)/t18-/m1/s1. The molecule has 2 rings (SSSR count). The smallest absolute Gasteiger partial charge is 0.232 e. The van der Waals surface area contributed by atoms with E-state index in [0.29, 0.717) is 12.1 Å². The molecule has 2 aromatic carbocycles. The molecule has 0 fully saturated rings. The van der Waals surface area contributed by atoms with Gasteiger partial charge in [-0.25, -0.2) is 8.42 Å². The molecule has 0 bridgehead atoms. The Kier molecular flexibility index (Phi) is 7.63. The maximum absolute atomic E-state index is 12.3. The van der Waals surface area contributed by atoms with Crippen LogP contribution in [0.25, 0.3) is 0 Å². The molecule has 5 nitrogen and oxygen atoms in total. The molecule has 152 valence electrons. The summed E-state index contributed by atoms with van der Waals surface area (Å²) in [5.41, 5.74) is 4.01. The molecule has 0 saturated heterocycles. The normalized spacial score (nSPS) is 12.4. The molecular formula is C22H30N2O3S. The van der Waals surface area contributed by atoms with Gasteiger partial charge in [-0.3, -0.25) is 9.10 Å². The number of benzene rings is 2. The Bertz CT molecular complexity index is 875. The van der Waals surface area contributed by atoms with Gasteiger partial charge in [0.1, 0.15) is 0 Å². The number of anilines is 1. The first-order valence-electron chi connectivity index (χ1n) is 9.63. The van der Waals surface area contributed by atoms with Crippen LogP contribution in [0, 0.1) is 6.92 Å². The molecular weight excluding hydrogens is 372 g/mol. The van der Waals surface area contributed by atoms with Crippen LogP contribution in [-0.4, -0.2) is 27.1 Å². The van der Waals surface area contributed by atoms with Crippen LogP contribution in [0.1, 0.15) is 49.4 Å². The lowest BCUT2D eigenvalue weighted by molar-refractivity contribution is -0.121. The van der Waals surface area contributed by atoms with E-state index in [1.165, 1.54) is 16.1 Å². The quantitative estimate of drug-likeness (QED) is 0.690. The summed E-state index contributed by atoms with van der Waals surface area (Å²) in [7, 11) is -3.40. The molecule has 0 heterocycles. The topological polar surface area (TPSA) is 66.5 Å². The van der Waals surface area contributed by atoms with E-state index in [0.717, 1.165) is 17.5 Å². The minimum Gasteiger partial charge on any atom is -0.350 e. The Labute approximate surface area is 168 Å². The zero-order valence-corrected chi connectivity index (χ0v) is 17.9. The van der Waals surface area contributed by atoms with Crippen LogP contribution < -0.4 is 9.62 Å². The number of nitrogens with zero attached hydrogens (tertiary/aromatic N) is 1. The van der Waals surface area contributed by atoms with Gasteiger partial charge in [0.15, 0.2) is 0 Å². The van der Waals surface area contributed by atoms with Crippen molar-refractivity contribution in [2.75, 3.05) is 17.1 Å². The highest BCUT2D eigenvalue weighted by atomic mass is 32.2. The zero-order chi connectivity index (χ0) is 20.7. The molecule has 0 aromatic heterocycles. The highest BCUT2D eigenvalue weighted by molar-refractivity contribution is 7.92. The van der Waals surface area contributed by atoms with Crippen LogP contribution in [-0.2, 0) is 21.2 Å². The molecule has 0 spiro atoms. The van der Waals surface area contributed by atoms with Crippen LogP contribution in [0.2, 0.25) is 0 Å². The lowest BCUT2D eigenvalue weighted by Gasteiger charge is -2.23. The van der Waals surface area contributed by atoms with Crippen molar-refractivity contribution >= 4 is 21.6 Å². The third kappa shape index (κ3) is 6.37. The maximum Gasteiger partial charge on any atom is 0.232 e. The lowest BCUT2D eigenvalue weighted by atomic mass is 10.1. The van der Waals surface area contributed by atoms with E-state index in [1.807, 2.05) is 62.4 Å². The van der Waals surface area contributed by atoms with Crippen LogP contribution in [0.15, 0.2) is 48.5 Å². The molecule has 28 heavy (non-hydrogen) atoms. The molecule has 0 aliphatic carbocycles. The predicted molar refractivity (Wildman–Crippen MR) is 115 cm³/mol. The van der Waals surface area contributed by atoms with Crippen LogP contribution in [0.4, 0.5) is 5.69 Å². The average Bonchev–Trinajstić information content (AvgIpc) is 2.65. The van der Waals surface area contributed by atoms with E-state index in [1.54, 1.807) is 0 Å². The van der Waals surface area contributed by atoms with Gasteiger partial charge in [0.25, 0.3) is 0 Å². The Balaban J connectivity index is 1.92. The Morgan fingerprint density at radius 2 is 1.68 bits per heavy atom. The predicted octanol–water partition coefficient (Wildman–Crippen LogP) is 3.98. The van der Waals surface area contributed by atoms with Gasteiger partial charge < -0.3 is 5.32 Å². The van der Waals surface area contributed by atoms with E-state index in [-0.39, 0.29) is 24.9 Å². The third-order valence-corrected chi connectivity index (χ3v) is 5.95. The zero-order valence-electron chi connectivity index (χ0n) is 17.1. The van der Waals surface area contributed by atoms with Gasteiger partial charge in [-0.1, -0.05) is 48.9 Å². The largest absolute Gasteiger partial charge is 0.350 e. The van der Waals surface area contributed by atoms with Crippen molar-refractivity contribution in [1.29, 1.82) is 0 Å². The first kappa shape index (κ1) is 22.0. The maximum atomic E-state index is 12.3. The summed E-state index contributed by atoms with van der Waals surface area (Å²) in [5, 5.41) is 2.98. The SMILES string of the molecule is CCc1ccc(N(CCCC(=O)N[C@H](C)c2ccc(C)cc2)S(C)(=O)=O)cc1. The fraction of sp³-hybridized carbons (Fsp3) is 0.409. The first-order valence-corrected chi connectivity index (χ1v) is 11.5. The number of amides is 1. The van der Waals surface area contributed by atoms with Crippen molar-refractivity contribution in [3.05, 3.63) is 65.2 Å². The molecule has 0 aliphatic heterocycles. The van der Waals surface area contributed by atoms with Crippen LogP contribution >= 0.6 is 0 Å². The number of carbonyl (C=O) groups excluding carboxylic acids is 1. The number of hydrogen-bond acceptors (Lipinski definition) is 3. The highest BCUT2D eigenvalue weighted by Crippen LogP contribution is 2.19. The summed E-state index contributed by atoms with van der Waals surface area (Å²) in [6, 6.07) is 15.5. The Hall–Kier alpha value is -2.34. The van der Waals surface area contributed by atoms with Gasteiger partial charge in [-0.05, 0) is 49.9 Å². The van der Waals surface area contributed by atoms with Crippen LogP contribution in [0.5, 0.6) is 0 Å². The molecule has 1 atom stereocenters. The summed E-state index contributed by atoms with van der Waals surface area (Å²) >= 11 is 0. The summed E-state index contributed by atoms with van der Waals surface area (Å²) in [5.74, 6) is -0.0807. The summed E-state index contributed by atoms with van der Waals surface area (Å²) in [4.78, 5) is 12.3. The Morgan fingerprint density at radius 3 is 2.21 bits per heavy atom. The molecule has 6 heteroatoms. The van der Waals surface area contributed by atoms with E-state index >= 15 is 0 Å². The molecule has 1 N–H and O–H groups in total. The summed E-state index contributed by atoms with van der Waals surface area (Å²) in [6.07, 6.45) is 2.82. The van der Waals surface area contributed by atoms with Crippen molar-refractivity contribution in [3.63, 3.8) is 0 Å². The first-order chi connectivity index (χ1) is 13.2. The Morgan fingerprint density at radius 1 is 1.07 bits per heavy atom. The van der Waals surface area contributed by atoms with Crippen molar-refractivity contribution in [3.8, 4) is 0 Å². The van der Waals surface area contributed by atoms with E-state index in [4.69, 9.17) is 0 Å². The van der Waals surface area contributed by atoms with Gasteiger partial charge in [0, 0.05) is 13.0 Å². The van der Waals surface area contributed by atoms with Gasteiger partial charge in [-0.2, -0.15) is 0 Å². The summed E-state index contributed by atoms with van der Waals surface area (Å²) in [6.45, 7) is 6.30. The molecule has 1 amide bonds. The van der Waals surface area contributed by atoms with Crippen LogP contribution in [0.3, 0.4) is 0 Å². The number of rotatable bonds is 9. The second-order valence-corrected chi connectivity index (χ2v) is 9.07. The highest BCUT2D eigenvalue weighted by Gasteiger charge is 2.18. The molecule has 0 unspecified atom stereocenters. The molecule has 2 aromatic rings. The van der Waals surface area contributed by atoms with Gasteiger partial charge in [-0.15, -0.1) is 0 Å². The number of sulfonamides is 1. The minimum absolute atomic E-state index is 0.0807. The lowest BCUT2D eigenvalue weighted by Crippen LogP contribution is -2.32.